The summed E-state index contributed by atoms with van der Waals surface area (Å²) < 4.78 is 1.62. The number of H-pyrrole nitrogens is 1. The van der Waals surface area contributed by atoms with Crippen molar-refractivity contribution >= 4 is 44.6 Å². The molecule has 6 nitrogen and oxygen atoms in total. The summed E-state index contributed by atoms with van der Waals surface area (Å²) in [6.07, 6.45) is 0.235. The Labute approximate surface area is 163 Å². The number of thiazole rings is 2. The summed E-state index contributed by atoms with van der Waals surface area (Å²) in [7, 11) is 0. The van der Waals surface area contributed by atoms with Gasteiger partial charge in [0, 0.05) is 51.6 Å². The Balaban J connectivity index is 1.49. The number of anilines is 1. The molecule has 0 fully saturated rings. The minimum absolute atomic E-state index is 0.0355. The van der Waals surface area contributed by atoms with Crippen LogP contribution in [0.4, 0.5) is 5.13 Å². The molecule has 4 aromatic rings. The molecule has 0 saturated heterocycles. The standard InChI is InChI=1S/C19H18N4O2S2/c1-11-9-27-19(25)23(11)8-7-16(24)22-18-21-15(10-26-18)17-12(2)20-14-6-4-3-5-13(14)17/h3-6,9-10,20H,7-8H2,1-2H3,(H,21,22,24). The van der Waals surface area contributed by atoms with Crippen LogP contribution in [0.2, 0.25) is 0 Å². The zero-order valence-electron chi connectivity index (χ0n) is 14.9. The molecule has 138 valence electrons. The molecule has 4 rings (SSSR count). The van der Waals surface area contributed by atoms with E-state index in [1.807, 2.05) is 37.4 Å². The molecule has 0 atom stereocenters. The summed E-state index contributed by atoms with van der Waals surface area (Å²) in [5.41, 5.74) is 4.90. The lowest BCUT2D eigenvalue weighted by molar-refractivity contribution is -0.116. The number of fused-ring (bicyclic) bond motifs is 1. The Hall–Kier alpha value is -2.71. The Morgan fingerprint density at radius 3 is 2.81 bits per heavy atom. The summed E-state index contributed by atoms with van der Waals surface area (Å²) in [6, 6.07) is 8.10. The molecule has 27 heavy (non-hydrogen) atoms. The van der Waals surface area contributed by atoms with Crippen LogP contribution in [0.15, 0.2) is 39.8 Å². The van der Waals surface area contributed by atoms with Gasteiger partial charge in [-0.2, -0.15) is 0 Å². The molecule has 3 aromatic heterocycles. The van der Waals surface area contributed by atoms with Crippen LogP contribution in [-0.2, 0) is 11.3 Å². The third kappa shape index (κ3) is 3.45. The number of carbonyl (C=O) groups excluding carboxylic acids is 1. The summed E-state index contributed by atoms with van der Waals surface area (Å²) in [6.45, 7) is 4.26. The van der Waals surface area contributed by atoms with Gasteiger partial charge < -0.3 is 14.9 Å². The Bertz CT molecular complexity index is 1180. The molecule has 1 aromatic carbocycles. The minimum atomic E-state index is -0.149. The third-order valence-electron chi connectivity index (χ3n) is 4.44. The normalized spacial score (nSPS) is 11.2. The molecular formula is C19H18N4O2S2. The maximum absolute atomic E-state index is 12.2. The van der Waals surface area contributed by atoms with Gasteiger partial charge >= 0.3 is 4.87 Å². The number of benzene rings is 1. The van der Waals surface area contributed by atoms with Gasteiger partial charge in [-0.05, 0) is 19.9 Å². The second-order valence-corrected chi connectivity index (χ2v) is 7.98. The molecule has 0 aliphatic heterocycles. The zero-order valence-corrected chi connectivity index (χ0v) is 16.5. The smallest absolute Gasteiger partial charge is 0.307 e. The van der Waals surface area contributed by atoms with Gasteiger partial charge in [-0.25, -0.2) is 4.98 Å². The highest BCUT2D eigenvalue weighted by Gasteiger charge is 2.15. The van der Waals surface area contributed by atoms with Gasteiger partial charge in [-0.3, -0.25) is 9.59 Å². The largest absolute Gasteiger partial charge is 0.358 e. The average molecular weight is 399 g/mol. The molecule has 0 aliphatic carbocycles. The molecule has 8 heteroatoms. The maximum atomic E-state index is 12.2. The second kappa shape index (κ2) is 7.13. The van der Waals surface area contributed by atoms with Crippen molar-refractivity contribution in [3.8, 4) is 11.3 Å². The van der Waals surface area contributed by atoms with Crippen molar-refractivity contribution in [2.24, 2.45) is 0 Å². The highest BCUT2D eigenvalue weighted by Crippen LogP contribution is 2.33. The number of aromatic amines is 1. The van der Waals surface area contributed by atoms with E-state index in [4.69, 9.17) is 0 Å². The second-order valence-electron chi connectivity index (χ2n) is 6.30. The van der Waals surface area contributed by atoms with E-state index in [1.54, 1.807) is 9.95 Å². The van der Waals surface area contributed by atoms with Crippen LogP contribution < -0.4 is 10.2 Å². The number of hydrogen-bond donors (Lipinski definition) is 2. The lowest BCUT2D eigenvalue weighted by Crippen LogP contribution is -2.20. The Morgan fingerprint density at radius 1 is 1.22 bits per heavy atom. The first-order valence-corrected chi connectivity index (χ1v) is 10.3. The van der Waals surface area contributed by atoms with Crippen LogP contribution in [0.1, 0.15) is 17.8 Å². The first-order chi connectivity index (χ1) is 13.0. The van der Waals surface area contributed by atoms with E-state index in [0.717, 1.165) is 44.9 Å². The van der Waals surface area contributed by atoms with E-state index in [9.17, 15) is 9.59 Å². The van der Waals surface area contributed by atoms with Crippen molar-refractivity contribution in [3.05, 3.63) is 56.1 Å². The number of aryl methyl sites for hydroxylation is 2. The topological polar surface area (TPSA) is 79.8 Å². The first kappa shape index (κ1) is 17.7. The van der Waals surface area contributed by atoms with Crippen molar-refractivity contribution in [2.45, 2.75) is 26.8 Å². The van der Waals surface area contributed by atoms with E-state index < -0.39 is 0 Å². The molecular weight excluding hydrogens is 380 g/mol. The lowest BCUT2D eigenvalue weighted by Gasteiger charge is -2.04. The highest BCUT2D eigenvalue weighted by atomic mass is 32.1. The molecule has 0 spiro atoms. The number of nitrogens with one attached hydrogen (secondary N) is 2. The summed E-state index contributed by atoms with van der Waals surface area (Å²) in [4.78, 5) is 31.9. The minimum Gasteiger partial charge on any atom is -0.358 e. The van der Waals surface area contributed by atoms with Gasteiger partial charge in [0.25, 0.3) is 0 Å². The molecule has 0 bridgehead atoms. The Kier molecular flexibility index (Phi) is 4.67. The molecule has 0 saturated carbocycles. The van der Waals surface area contributed by atoms with Gasteiger partial charge in [-0.1, -0.05) is 29.5 Å². The van der Waals surface area contributed by atoms with Crippen molar-refractivity contribution in [1.29, 1.82) is 0 Å². The van der Waals surface area contributed by atoms with E-state index in [-0.39, 0.29) is 17.2 Å². The van der Waals surface area contributed by atoms with E-state index in [0.29, 0.717) is 11.7 Å². The van der Waals surface area contributed by atoms with Gasteiger partial charge in [0.05, 0.1) is 5.69 Å². The van der Waals surface area contributed by atoms with Crippen molar-refractivity contribution < 1.29 is 4.79 Å². The fourth-order valence-electron chi connectivity index (χ4n) is 3.12. The number of nitrogens with zero attached hydrogens (tertiary/aromatic N) is 2. The quantitative estimate of drug-likeness (QED) is 0.530. The summed E-state index contributed by atoms with van der Waals surface area (Å²) in [5.74, 6) is -0.149. The van der Waals surface area contributed by atoms with Crippen LogP contribution >= 0.6 is 22.7 Å². The van der Waals surface area contributed by atoms with Crippen LogP contribution in [0.25, 0.3) is 22.2 Å². The van der Waals surface area contributed by atoms with Gasteiger partial charge in [-0.15, -0.1) is 11.3 Å². The fourth-order valence-corrected chi connectivity index (χ4v) is 4.60. The van der Waals surface area contributed by atoms with Crippen molar-refractivity contribution in [3.63, 3.8) is 0 Å². The molecule has 0 aliphatic rings. The van der Waals surface area contributed by atoms with E-state index in [1.165, 1.54) is 11.3 Å². The molecule has 1 amide bonds. The lowest BCUT2D eigenvalue weighted by atomic mass is 10.1. The SMILES string of the molecule is Cc1[nH]c2ccccc2c1-c1csc(NC(=O)CCn2c(C)csc2=O)n1. The highest BCUT2D eigenvalue weighted by molar-refractivity contribution is 7.14. The molecule has 2 N–H and O–H groups in total. The number of rotatable bonds is 5. The zero-order chi connectivity index (χ0) is 19.0. The van der Waals surface area contributed by atoms with E-state index in [2.05, 4.69) is 21.4 Å². The average Bonchev–Trinajstić information content (AvgIpc) is 3.31. The maximum Gasteiger partial charge on any atom is 0.307 e. The number of amides is 1. The molecule has 0 radical (unpaired) electrons. The third-order valence-corrected chi connectivity index (χ3v) is 6.08. The van der Waals surface area contributed by atoms with Crippen molar-refractivity contribution in [1.82, 2.24) is 14.5 Å². The first-order valence-electron chi connectivity index (χ1n) is 8.51. The monoisotopic (exact) mass is 398 g/mol. The fraction of sp³-hybridized carbons (Fsp3) is 0.211. The van der Waals surface area contributed by atoms with Crippen molar-refractivity contribution in [2.75, 3.05) is 5.32 Å². The van der Waals surface area contributed by atoms with Gasteiger partial charge in [0.2, 0.25) is 5.91 Å². The number of hydrogen-bond acceptors (Lipinski definition) is 5. The van der Waals surface area contributed by atoms with Crippen LogP contribution in [0, 0.1) is 13.8 Å². The molecule has 0 unspecified atom stereocenters. The van der Waals surface area contributed by atoms with Gasteiger partial charge in [0.15, 0.2) is 5.13 Å². The predicted molar refractivity (Wildman–Crippen MR) is 111 cm³/mol. The van der Waals surface area contributed by atoms with Crippen LogP contribution in [0.3, 0.4) is 0 Å². The summed E-state index contributed by atoms with van der Waals surface area (Å²) in [5, 5.41) is 8.27. The molecule has 3 heterocycles. The summed E-state index contributed by atoms with van der Waals surface area (Å²) >= 11 is 2.55. The predicted octanol–water partition coefficient (Wildman–Crippen LogP) is 4.16. The Morgan fingerprint density at radius 2 is 2.04 bits per heavy atom. The van der Waals surface area contributed by atoms with Crippen LogP contribution in [-0.4, -0.2) is 20.4 Å². The van der Waals surface area contributed by atoms with E-state index >= 15 is 0 Å². The van der Waals surface area contributed by atoms with Gasteiger partial charge in [0.1, 0.15) is 0 Å². The number of para-hydroxylation sites is 1. The van der Waals surface area contributed by atoms with Crippen LogP contribution in [0.5, 0.6) is 0 Å². The number of carbonyl (C=O) groups is 1. The number of aromatic nitrogens is 3.